The number of para-hydroxylation sites is 8. The Morgan fingerprint density at radius 1 is 0.145 bits per heavy atom. The van der Waals surface area contributed by atoms with E-state index in [9.17, 15) is 0 Å². The molecule has 22 aromatic carbocycles. The van der Waals surface area contributed by atoms with Crippen molar-refractivity contribution in [2.24, 2.45) is 0 Å². The molecule has 0 saturated heterocycles. The average molecular weight is 1770 g/mol. The quantitative estimate of drug-likeness (QED) is 0.0799. The molecule has 0 aliphatic rings. The van der Waals surface area contributed by atoms with Gasteiger partial charge in [-0.25, -0.2) is 0 Å². The molecule has 0 spiro atoms. The first-order valence-corrected chi connectivity index (χ1v) is 47.9. The Bertz CT molecular complexity index is 8040. The van der Waals surface area contributed by atoms with Crippen LogP contribution in [0.2, 0.25) is 0 Å². The molecule has 0 unspecified atom stereocenters. The number of aromatic nitrogens is 2. The van der Waals surface area contributed by atoms with Crippen LogP contribution in [0.3, 0.4) is 0 Å². The summed E-state index contributed by atoms with van der Waals surface area (Å²) in [7, 11) is 0. The standard InChI is InChI=1S/2C66H51N3/c1-66(2,3)48-22-20-21-47(43-48)65-58-33-18-16-31-56(58)64(57-32-17-19-34-59(57)65)46-35-37-53(38-36-46)69-62-41-39-54(67(49-23-8-4-9-24-49)50-25-10-5-11-26-50)44-60(62)61-45-55(40-42-63(61)69)68(51-27-12-6-13-28-51)52-29-14-7-15-30-52;1-66(2,3)48-36-32-46(33-37-48)64-56-28-16-18-30-58(56)65(59-31-19-17-29-57(59)64)47-34-38-53(39-35-47)69-62-42-40-54(67(49-20-8-4-9-21-49)50-22-10-5-11-23-50)44-60(62)61-45-55(41-43-63(61)69)68(51-24-12-6-13-25-51)52-26-14-7-15-27-52/h2*4-45H,1-3H3. The minimum absolute atomic E-state index is 0.0413. The van der Waals surface area contributed by atoms with E-state index in [1.54, 1.807) is 0 Å². The highest BCUT2D eigenvalue weighted by atomic mass is 15.2. The summed E-state index contributed by atoms with van der Waals surface area (Å²) in [5, 5.41) is 14.7. The average Bonchev–Trinajstić information content (AvgIpc) is 1.68. The summed E-state index contributed by atoms with van der Waals surface area (Å²) in [6.07, 6.45) is 0. The maximum absolute atomic E-state index is 2.44. The molecule has 0 bridgehead atoms. The molecule has 0 amide bonds. The van der Waals surface area contributed by atoms with Crippen LogP contribution in [-0.4, -0.2) is 9.13 Å². The van der Waals surface area contributed by atoms with Crippen molar-refractivity contribution in [2.45, 2.75) is 52.4 Å². The molecule has 6 heteroatoms. The van der Waals surface area contributed by atoms with Crippen molar-refractivity contribution < 1.29 is 0 Å². The lowest BCUT2D eigenvalue weighted by Gasteiger charge is -2.26. The minimum atomic E-state index is 0.0413. The lowest BCUT2D eigenvalue weighted by Crippen LogP contribution is -2.10. The van der Waals surface area contributed by atoms with Gasteiger partial charge in [0.25, 0.3) is 0 Å². The van der Waals surface area contributed by atoms with E-state index in [2.05, 4.69) is 580 Å². The van der Waals surface area contributed by atoms with E-state index in [-0.39, 0.29) is 10.8 Å². The number of rotatable bonds is 18. The van der Waals surface area contributed by atoms with E-state index in [0.717, 1.165) is 102 Å². The van der Waals surface area contributed by atoms with Crippen LogP contribution in [0.1, 0.15) is 52.7 Å². The van der Waals surface area contributed by atoms with Gasteiger partial charge in [0.05, 0.1) is 22.1 Å². The second kappa shape index (κ2) is 35.9. The zero-order valence-electron chi connectivity index (χ0n) is 78.2. The Morgan fingerprint density at radius 2 is 0.348 bits per heavy atom. The molecule has 0 atom stereocenters. The van der Waals surface area contributed by atoms with Crippen LogP contribution in [0.25, 0.3) is 143 Å². The first kappa shape index (κ1) is 84.9. The Hall–Kier alpha value is -17.3. The Balaban J connectivity index is 0.000000155. The molecule has 0 aliphatic carbocycles. The van der Waals surface area contributed by atoms with E-state index in [4.69, 9.17) is 0 Å². The van der Waals surface area contributed by atoms with Gasteiger partial charge in [-0.05, 0) is 304 Å². The van der Waals surface area contributed by atoms with Crippen molar-refractivity contribution in [3.8, 4) is 55.9 Å². The first-order chi connectivity index (χ1) is 67.8. The molecule has 24 rings (SSSR count). The maximum Gasteiger partial charge on any atom is 0.0542 e. The number of hydrogen-bond donors (Lipinski definition) is 0. The molecule has 2 heterocycles. The fraction of sp³-hybridized carbons (Fsp3) is 0.0606. The number of nitrogens with zero attached hydrogens (tertiary/aromatic N) is 6. The molecule has 0 aliphatic heterocycles. The summed E-state index contributed by atoms with van der Waals surface area (Å²) in [5.41, 5.74) is 32.7. The molecule has 2 aromatic heterocycles. The van der Waals surface area contributed by atoms with E-state index in [1.807, 2.05) is 0 Å². The predicted molar refractivity (Wildman–Crippen MR) is 589 cm³/mol. The van der Waals surface area contributed by atoms with Gasteiger partial charge in [0, 0.05) is 101 Å². The maximum atomic E-state index is 2.44. The summed E-state index contributed by atoms with van der Waals surface area (Å²) in [4.78, 5) is 9.40. The van der Waals surface area contributed by atoms with Gasteiger partial charge in [-0.2, -0.15) is 0 Å². The van der Waals surface area contributed by atoms with Crippen LogP contribution >= 0.6 is 0 Å². The Morgan fingerprint density at radius 3 is 0.565 bits per heavy atom. The summed E-state index contributed by atoms with van der Waals surface area (Å²) in [5.74, 6) is 0. The molecular formula is C132H102N6. The monoisotopic (exact) mass is 1770 g/mol. The third kappa shape index (κ3) is 15.8. The summed E-state index contributed by atoms with van der Waals surface area (Å²) >= 11 is 0. The highest BCUT2D eigenvalue weighted by Crippen LogP contribution is 2.51. The number of fused-ring (bicyclic) bond motifs is 10. The second-order valence-corrected chi connectivity index (χ2v) is 37.9. The molecule has 660 valence electrons. The molecule has 138 heavy (non-hydrogen) atoms. The van der Waals surface area contributed by atoms with Crippen molar-refractivity contribution in [1.29, 1.82) is 0 Å². The van der Waals surface area contributed by atoms with Crippen molar-refractivity contribution >= 4 is 155 Å². The Labute approximate surface area is 807 Å². The number of hydrogen-bond acceptors (Lipinski definition) is 4. The smallest absolute Gasteiger partial charge is 0.0542 e. The summed E-state index contributed by atoms with van der Waals surface area (Å²) in [6.45, 7) is 13.7. The third-order valence-corrected chi connectivity index (χ3v) is 27.4. The van der Waals surface area contributed by atoms with Gasteiger partial charge in [0.1, 0.15) is 0 Å². The molecular weight excluding hydrogens is 1670 g/mol. The molecule has 0 N–H and O–H groups in total. The van der Waals surface area contributed by atoms with Crippen LogP contribution in [0.5, 0.6) is 0 Å². The fourth-order valence-electron chi connectivity index (χ4n) is 20.8. The minimum Gasteiger partial charge on any atom is -0.310 e. The zero-order valence-corrected chi connectivity index (χ0v) is 78.2. The lowest BCUT2D eigenvalue weighted by atomic mass is 9.82. The van der Waals surface area contributed by atoms with Crippen molar-refractivity contribution in [3.63, 3.8) is 0 Å². The lowest BCUT2D eigenvalue weighted by molar-refractivity contribution is 0.590. The van der Waals surface area contributed by atoms with Gasteiger partial charge >= 0.3 is 0 Å². The van der Waals surface area contributed by atoms with Crippen molar-refractivity contribution in [3.05, 3.63) is 521 Å². The molecule has 0 fully saturated rings. The van der Waals surface area contributed by atoms with Crippen LogP contribution in [-0.2, 0) is 10.8 Å². The van der Waals surface area contributed by atoms with E-state index in [0.29, 0.717) is 0 Å². The molecule has 0 radical (unpaired) electrons. The van der Waals surface area contributed by atoms with Crippen LogP contribution in [0.4, 0.5) is 68.2 Å². The van der Waals surface area contributed by atoms with Gasteiger partial charge in [-0.1, -0.05) is 357 Å². The van der Waals surface area contributed by atoms with E-state index >= 15 is 0 Å². The SMILES string of the molecule is CC(C)(C)c1ccc(-c2c3ccccc3c(-c3ccc(-n4c5ccc(N(c6ccccc6)c6ccccc6)cc5c5cc(N(c6ccccc6)c6ccccc6)ccc54)cc3)c3ccccc23)cc1.CC(C)(C)c1cccc(-c2c3ccccc3c(-c3ccc(-n4c5ccc(N(c6ccccc6)c6ccccc6)cc5c5cc(N(c6ccccc6)c6ccccc6)ccc54)cc3)c3ccccc23)c1. The second-order valence-electron chi connectivity index (χ2n) is 37.9. The van der Waals surface area contributed by atoms with Gasteiger partial charge < -0.3 is 28.7 Å². The zero-order chi connectivity index (χ0) is 93.0. The normalized spacial score (nSPS) is 11.7. The predicted octanol–water partition coefficient (Wildman–Crippen LogP) is 37.3. The van der Waals surface area contributed by atoms with Gasteiger partial charge in [-0.15, -0.1) is 0 Å². The highest BCUT2D eigenvalue weighted by Gasteiger charge is 2.28. The molecule has 24 aromatic rings. The van der Waals surface area contributed by atoms with E-state index in [1.165, 1.54) is 120 Å². The topological polar surface area (TPSA) is 22.8 Å². The van der Waals surface area contributed by atoms with Crippen LogP contribution < -0.4 is 19.6 Å². The largest absolute Gasteiger partial charge is 0.310 e. The van der Waals surface area contributed by atoms with Crippen molar-refractivity contribution in [1.82, 2.24) is 9.13 Å². The number of benzene rings is 22. The Kier molecular flexibility index (Phi) is 22.1. The number of anilines is 12. The van der Waals surface area contributed by atoms with E-state index < -0.39 is 0 Å². The van der Waals surface area contributed by atoms with Crippen LogP contribution in [0, 0.1) is 0 Å². The van der Waals surface area contributed by atoms with Gasteiger partial charge in [0.2, 0.25) is 0 Å². The molecule has 6 nitrogen and oxygen atoms in total. The molecule has 0 saturated carbocycles. The summed E-state index contributed by atoms with van der Waals surface area (Å²) in [6, 6.07) is 186. The fourth-order valence-corrected chi connectivity index (χ4v) is 20.8. The van der Waals surface area contributed by atoms with Crippen LogP contribution in [0.15, 0.2) is 510 Å². The van der Waals surface area contributed by atoms with Gasteiger partial charge in [0.15, 0.2) is 0 Å². The third-order valence-electron chi connectivity index (χ3n) is 27.4. The highest BCUT2D eigenvalue weighted by molar-refractivity contribution is 6.24. The first-order valence-electron chi connectivity index (χ1n) is 47.9. The summed E-state index contributed by atoms with van der Waals surface area (Å²) < 4.78 is 4.88. The van der Waals surface area contributed by atoms with Crippen molar-refractivity contribution in [2.75, 3.05) is 19.6 Å². The van der Waals surface area contributed by atoms with Gasteiger partial charge in [-0.3, -0.25) is 0 Å².